The van der Waals surface area contributed by atoms with E-state index in [2.05, 4.69) is 5.32 Å². The Bertz CT molecular complexity index is 453. The Kier molecular flexibility index (Phi) is 6.73. The first-order valence-corrected chi connectivity index (χ1v) is 7.17. The number of thioether (sulfide) groups is 1. The van der Waals surface area contributed by atoms with Crippen LogP contribution in [0.3, 0.4) is 0 Å². The van der Waals surface area contributed by atoms with Gasteiger partial charge in [-0.2, -0.15) is 0 Å². The van der Waals surface area contributed by atoms with Crippen molar-refractivity contribution in [1.29, 1.82) is 0 Å². The van der Waals surface area contributed by atoms with Gasteiger partial charge in [-0.3, -0.25) is 9.59 Å². The molecule has 0 aliphatic heterocycles. The molecule has 1 amide bonds. The van der Waals surface area contributed by atoms with Crippen LogP contribution < -0.4 is 5.32 Å². The van der Waals surface area contributed by atoms with Gasteiger partial charge in [-0.15, -0.1) is 11.8 Å². The van der Waals surface area contributed by atoms with Gasteiger partial charge in [0.1, 0.15) is 0 Å². The number of carbonyl (C=O) groups is 2. The topological polar surface area (TPSA) is 66.4 Å². The van der Waals surface area contributed by atoms with Crippen molar-refractivity contribution in [3.05, 3.63) is 29.3 Å². The van der Waals surface area contributed by atoms with Gasteiger partial charge in [0.2, 0.25) is 5.91 Å². The van der Waals surface area contributed by atoms with Crippen LogP contribution in [0.2, 0.25) is 5.02 Å². The third-order valence-corrected chi connectivity index (χ3v) is 4.00. The van der Waals surface area contributed by atoms with Crippen LogP contribution in [0.5, 0.6) is 0 Å². The number of carbonyl (C=O) groups excluding carboxylic acids is 1. The lowest BCUT2D eigenvalue weighted by Gasteiger charge is -2.12. The summed E-state index contributed by atoms with van der Waals surface area (Å²) in [6, 6.07) is 7.34. The molecule has 0 aromatic heterocycles. The van der Waals surface area contributed by atoms with Crippen molar-refractivity contribution in [2.24, 2.45) is 0 Å². The molecule has 0 radical (unpaired) electrons. The molecule has 0 spiro atoms. The summed E-state index contributed by atoms with van der Waals surface area (Å²) >= 11 is 7.40. The number of hydrogen-bond acceptors (Lipinski definition) is 3. The van der Waals surface area contributed by atoms with E-state index in [0.717, 1.165) is 4.90 Å². The fraction of sp³-hybridized carbons (Fsp3) is 0.385. The zero-order valence-corrected chi connectivity index (χ0v) is 12.1. The number of hydrogen-bond donors (Lipinski definition) is 2. The molecule has 0 heterocycles. The quantitative estimate of drug-likeness (QED) is 0.600. The fourth-order valence-corrected chi connectivity index (χ4v) is 2.56. The smallest absolute Gasteiger partial charge is 0.303 e. The molecule has 4 nitrogen and oxygen atoms in total. The third-order valence-electron chi connectivity index (χ3n) is 2.38. The van der Waals surface area contributed by atoms with Gasteiger partial charge in [-0.1, -0.05) is 23.7 Å². The van der Waals surface area contributed by atoms with E-state index in [9.17, 15) is 9.59 Å². The Morgan fingerprint density at radius 2 is 2.11 bits per heavy atom. The molecule has 0 bridgehead atoms. The van der Waals surface area contributed by atoms with E-state index in [1.807, 2.05) is 18.2 Å². The first kappa shape index (κ1) is 15.9. The summed E-state index contributed by atoms with van der Waals surface area (Å²) in [5, 5.41) is 11.5. The molecule has 0 fully saturated rings. The van der Waals surface area contributed by atoms with Gasteiger partial charge in [0.05, 0.1) is 10.3 Å². The lowest BCUT2D eigenvalue weighted by atomic mass is 10.3. The van der Waals surface area contributed by atoms with Gasteiger partial charge in [-0.05, 0) is 25.5 Å². The third kappa shape index (κ3) is 5.98. The maximum atomic E-state index is 11.8. The number of halogens is 1. The van der Waals surface area contributed by atoms with Crippen molar-refractivity contribution >= 4 is 35.2 Å². The van der Waals surface area contributed by atoms with Crippen LogP contribution in [0.15, 0.2) is 29.2 Å². The van der Waals surface area contributed by atoms with Gasteiger partial charge in [0, 0.05) is 17.9 Å². The number of aliphatic carboxylic acids is 1. The van der Waals surface area contributed by atoms with Gasteiger partial charge in [-0.25, -0.2) is 0 Å². The van der Waals surface area contributed by atoms with Crippen LogP contribution in [0.25, 0.3) is 0 Å². The van der Waals surface area contributed by atoms with Gasteiger partial charge in [0.15, 0.2) is 0 Å². The summed E-state index contributed by atoms with van der Waals surface area (Å²) in [6.45, 7) is 2.17. The van der Waals surface area contributed by atoms with E-state index in [1.165, 1.54) is 11.8 Å². The Balaban J connectivity index is 2.37. The number of carboxylic acid groups (broad SMARTS) is 1. The van der Waals surface area contributed by atoms with Crippen molar-refractivity contribution in [2.75, 3.05) is 6.54 Å². The second-order valence-electron chi connectivity index (χ2n) is 3.98. The minimum absolute atomic E-state index is 0.0618. The van der Waals surface area contributed by atoms with Crippen LogP contribution >= 0.6 is 23.4 Å². The van der Waals surface area contributed by atoms with Crippen LogP contribution in [0.1, 0.15) is 19.8 Å². The number of amides is 1. The van der Waals surface area contributed by atoms with Gasteiger partial charge >= 0.3 is 5.97 Å². The van der Waals surface area contributed by atoms with Crippen molar-refractivity contribution < 1.29 is 14.7 Å². The van der Waals surface area contributed by atoms with E-state index in [1.54, 1.807) is 13.0 Å². The Morgan fingerprint density at radius 3 is 2.74 bits per heavy atom. The summed E-state index contributed by atoms with van der Waals surface area (Å²) in [4.78, 5) is 23.0. The normalized spacial score (nSPS) is 11.9. The summed E-state index contributed by atoms with van der Waals surface area (Å²) in [7, 11) is 0. The molecule has 19 heavy (non-hydrogen) atoms. The van der Waals surface area contributed by atoms with Crippen molar-refractivity contribution in [2.45, 2.75) is 29.9 Å². The highest BCUT2D eigenvalue weighted by molar-refractivity contribution is 8.00. The molecular formula is C13H16ClNO3S. The SMILES string of the molecule is CC(Sc1ccccc1Cl)C(=O)NCCCC(=O)O. The molecule has 1 unspecified atom stereocenters. The minimum atomic E-state index is -0.854. The molecule has 1 rings (SSSR count). The molecule has 0 aliphatic rings. The largest absolute Gasteiger partial charge is 0.481 e. The van der Waals surface area contributed by atoms with Crippen LogP contribution in [0, 0.1) is 0 Å². The molecule has 6 heteroatoms. The lowest BCUT2D eigenvalue weighted by Crippen LogP contribution is -2.31. The summed E-state index contributed by atoms with van der Waals surface area (Å²) in [5.41, 5.74) is 0. The fourth-order valence-electron chi connectivity index (χ4n) is 1.38. The molecule has 0 aliphatic carbocycles. The predicted octanol–water partition coefficient (Wildman–Crippen LogP) is 2.80. The van der Waals surface area contributed by atoms with Crippen LogP contribution in [0.4, 0.5) is 0 Å². The Labute approximate surface area is 121 Å². The minimum Gasteiger partial charge on any atom is -0.481 e. The monoisotopic (exact) mass is 301 g/mol. The highest BCUT2D eigenvalue weighted by Gasteiger charge is 2.15. The van der Waals surface area contributed by atoms with E-state index in [0.29, 0.717) is 18.0 Å². The summed E-state index contributed by atoms with van der Waals surface area (Å²) in [5.74, 6) is -0.969. The molecule has 0 saturated carbocycles. The summed E-state index contributed by atoms with van der Waals surface area (Å²) < 4.78 is 0. The first-order valence-electron chi connectivity index (χ1n) is 5.91. The molecule has 1 aromatic rings. The first-order chi connectivity index (χ1) is 9.00. The van der Waals surface area contributed by atoms with Crippen molar-refractivity contribution in [3.8, 4) is 0 Å². The zero-order chi connectivity index (χ0) is 14.3. The Morgan fingerprint density at radius 1 is 1.42 bits per heavy atom. The Hall–Kier alpha value is -1.20. The van der Waals surface area contributed by atoms with Crippen molar-refractivity contribution in [1.82, 2.24) is 5.32 Å². The van der Waals surface area contributed by atoms with E-state index >= 15 is 0 Å². The number of nitrogens with one attached hydrogen (secondary N) is 1. The number of carboxylic acids is 1. The highest BCUT2D eigenvalue weighted by Crippen LogP contribution is 2.29. The van der Waals surface area contributed by atoms with Gasteiger partial charge < -0.3 is 10.4 Å². The molecular weight excluding hydrogens is 286 g/mol. The van der Waals surface area contributed by atoms with Gasteiger partial charge in [0.25, 0.3) is 0 Å². The zero-order valence-electron chi connectivity index (χ0n) is 10.6. The van der Waals surface area contributed by atoms with Crippen molar-refractivity contribution in [3.63, 3.8) is 0 Å². The standard InChI is InChI=1S/C13H16ClNO3S/c1-9(13(18)15-8-4-7-12(16)17)19-11-6-3-2-5-10(11)14/h2-3,5-6,9H,4,7-8H2,1H3,(H,15,18)(H,16,17). The second kappa shape index (κ2) is 8.07. The average Bonchev–Trinajstić information content (AvgIpc) is 2.36. The molecule has 104 valence electrons. The summed E-state index contributed by atoms with van der Waals surface area (Å²) in [6.07, 6.45) is 0.497. The van der Waals surface area contributed by atoms with Crippen LogP contribution in [-0.2, 0) is 9.59 Å². The van der Waals surface area contributed by atoms with Crippen LogP contribution in [-0.4, -0.2) is 28.8 Å². The maximum absolute atomic E-state index is 11.8. The molecule has 2 N–H and O–H groups in total. The maximum Gasteiger partial charge on any atom is 0.303 e. The highest BCUT2D eigenvalue weighted by atomic mass is 35.5. The van der Waals surface area contributed by atoms with E-state index < -0.39 is 5.97 Å². The lowest BCUT2D eigenvalue weighted by molar-refractivity contribution is -0.137. The number of benzene rings is 1. The van der Waals surface area contributed by atoms with E-state index in [-0.39, 0.29) is 17.6 Å². The van der Waals surface area contributed by atoms with E-state index in [4.69, 9.17) is 16.7 Å². The number of rotatable bonds is 7. The predicted molar refractivity (Wildman–Crippen MR) is 76.7 cm³/mol. The second-order valence-corrected chi connectivity index (χ2v) is 5.77. The molecule has 1 aromatic carbocycles. The molecule has 0 saturated heterocycles. The molecule has 1 atom stereocenters. The average molecular weight is 302 g/mol.